The van der Waals surface area contributed by atoms with E-state index in [9.17, 15) is 27.5 Å². The summed E-state index contributed by atoms with van der Waals surface area (Å²) >= 11 is 0. The minimum Gasteiger partial charge on any atom is -0.383 e. The van der Waals surface area contributed by atoms with Crippen LogP contribution in [0.15, 0.2) is 24.3 Å². The lowest BCUT2D eigenvalue weighted by atomic mass is 9.91. The molecule has 0 bridgehead atoms. The van der Waals surface area contributed by atoms with Gasteiger partial charge in [0, 0.05) is 6.54 Å². The molecule has 134 valence electrons. The number of benzene rings is 1. The zero-order chi connectivity index (χ0) is 17.7. The number of halogens is 4. The summed E-state index contributed by atoms with van der Waals surface area (Å²) in [6.45, 7) is 1.03. The van der Waals surface area contributed by atoms with Crippen molar-refractivity contribution in [2.24, 2.45) is 5.92 Å². The lowest BCUT2D eigenvalue weighted by Crippen LogP contribution is -2.46. The average molecular weight is 348 g/mol. The van der Waals surface area contributed by atoms with Crippen LogP contribution in [0.3, 0.4) is 0 Å². The van der Waals surface area contributed by atoms with Gasteiger partial charge in [0.25, 0.3) is 0 Å². The van der Waals surface area contributed by atoms with Gasteiger partial charge in [-0.15, -0.1) is 0 Å². The molecule has 1 unspecified atom stereocenters. The standard InChI is InChI=1S/C16H20F4N2O2/c17-13-3-1-11(2-4-13)9-21-14(23)10-22-7-5-12(6-8-22)15(24)16(18,19)20/h1-4,12,15,24H,5-10H2,(H,21,23). The summed E-state index contributed by atoms with van der Waals surface area (Å²) in [5.74, 6) is -1.41. The van der Waals surface area contributed by atoms with Gasteiger partial charge >= 0.3 is 6.18 Å². The molecule has 8 heteroatoms. The van der Waals surface area contributed by atoms with Crippen LogP contribution in [0.2, 0.25) is 0 Å². The lowest BCUT2D eigenvalue weighted by Gasteiger charge is -2.34. The number of nitrogens with one attached hydrogen (secondary N) is 1. The van der Waals surface area contributed by atoms with Crippen LogP contribution in [-0.2, 0) is 11.3 Å². The molecule has 4 nitrogen and oxygen atoms in total. The van der Waals surface area contributed by atoms with E-state index in [1.54, 1.807) is 17.0 Å². The Morgan fingerprint density at radius 1 is 1.25 bits per heavy atom. The highest BCUT2D eigenvalue weighted by Crippen LogP contribution is 2.31. The molecule has 1 aliphatic heterocycles. The number of hydrogen-bond donors (Lipinski definition) is 2. The van der Waals surface area contributed by atoms with Crippen molar-refractivity contribution >= 4 is 5.91 Å². The summed E-state index contributed by atoms with van der Waals surface area (Å²) < 4.78 is 50.2. The molecular weight excluding hydrogens is 328 g/mol. The molecule has 0 radical (unpaired) electrons. The third-order valence-corrected chi connectivity index (χ3v) is 4.18. The van der Waals surface area contributed by atoms with E-state index < -0.39 is 18.2 Å². The third-order valence-electron chi connectivity index (χ3n) is 4.18. The maximum absolute atomic E-state index is 12.8. The second-order valence-corrected chi connectivity index (χ2v) is 6.00. The van der Waals surface area contributed by atoms with Crippen molar-refractivity contribution in [2.75, 3.05) is 19.6 Å². The minimum atomic E-state index is -4.60. The molecule has 1 aromatic carbocycles. The Kier molecular flexibility index (Phi) is 6.17. The number of hydrogen-bond acceptors (Lipinski definition) is 3. The number of nitrogens with zero attached hydrogens (tertiary/aromatic N) is 1. The normalized spacial score (nSPS) is 18.4. The average Bonchev–Trinajstić information content (AvgIpc) is 2.53. The number of amides is 1. The molecule has 1 saturated heterocycles. The summed E-state index contributed by atoms with van der Waals surface area (Å²) in [4.78, 5) is 13.6. The molecule has 1 fully saturated rings. The number of aliphatic hydroxyl groups excluding tert-OH is 1. The van der Waals surface area contributed by atoms with Crippen molar-refractivity contribution in [1.29, 1.82) is 0 Å². The van der Waals surface area contributed by atoms with Gasteiger partial charge in [-0.05, 0) is 49.5 Å². The van der Waals surface area contributed by atoms with Crippen molar-refractivity contribution in [1.82, 2.24) is 10.2 Å². The predicted molar refractivity (Wildman–Crippen MR) is 79.5 cm³/mol. The van der Waals surface area contributed by atoms with E-state index in [1.165, 1.54) is 12.1 Å². The number of carbonyl (C=O) groups is 1. The quantitative estimate of drug-likeness (QED) is 0.801. The zero-order valence-corrected chi connectivity index (χ0v) is 13.0. The van der Waals surface area contributed by atoms with E-state index in [2.05, 4.69) is 5.32 Å². The Morgan fingerprint density at radius 2 is 1.83 bits per heavy atom. The molecule has 1 aliphatic rings. The van der Waals surface area contributed by atoms with Crippen LogP contribution >= 0.6 is 0 Å². The van der Waals surface area contributed by atoms with Gasteiger partial charge in [-0.25, -0.2) is 4.39 Å². The molecule has 0 aliphatic carbocycles. The predicted octanol–water partition coefficient (Wildman–Crippen LogP) is 2.08. The Morgan fingerprint density at radius 3 is 2.38 bits per heavy atom. The second kappa shape index (κ2) is 7.94. The molecule has 0 aromatic heterocycles. The van der Waals surface area contributed by atoms with E-state index in [4.69, 9.17) is 0 Å². The molecule has 24 heavy (non-hydrogen) atoms. The Balaban J connectivity index is 1.71. The number of aliphatic hydroxyl groups is 1. The summed E-state index contributed by atoms with van der Waals surface area (Å²) in [6.07, 6.45) is -6.50. The topological polar surface area (TPSA) is 52.6 Å². The minimum absolute atomic E-state index is 0.0933. The molecule has 1 atom stereocenters. The zero-order valence-electron chi connectivity index (χ0n) is 13.0. The van der Waals surface area contributed by atoms with Crippen LogP contribution in [0.5, 0.6) is 0 Å². The lowest BCUT2D eigenvalue weighted by molar-refractivity contribution is -0.223. The molecule has 2 rings (SSSR count). The van der Waals surface area contributed by atoms with Crippen LogP contribution in [0.1, 0.15) is 18.4 Å². The van der Waals surface area contributed by atoms with Crippen LogP contribution in [0.4, 0.5) is 17.6 Å². The highest BCUT2D eigenvalue weighted by Gasteiger charge is 2.44. The van der Waals surface area contributed by atoms with Crippen molar-refractivity contribution in [3.8, 4) is 0 Å². The van der Waals surface area contributed by atoms with Gasteiger partial charge in [-0.1, -0.05) is 12.1 Å². The highest BCUT2D eigenvalue weighted by molar-refractivity contribution is 5.78. The van der Waals surface area contributed by atoms with E-state index in [1.807, 2.05) is 0 Å². The first kappa shape index (κ1) is 18.7. The van der Waals surface area contributed by atoms with Crippen molar-refractivity contribution in [2.45, 2.75) is 31.7 Å². The first-order chi connectivity index (χ1) is 11.3. The van der Waals surface area contributed by atoms with Gasteiger partial charge in [0.15, 0.2) is 6.10 Å². The van der Waals surface area contributed by atoms with E-state index >= 15 is 0 Å². The fourth-order valence-electron chi connectivity index (χ4n) is 2.76. The number of piperidine rings is 1. The molecule has 1 amide bonds. The van der Waals surface area contributed by atoms with Crippen LogP contribution in [-0.4, -0.2) is 47.8 Å². The molecule has 2 N–H and O–H groups in total. The number of carbonyl (C=O) groups excluding carboxylic acids is 1. The Labute approximate surface area is 137 Å². The number of rotatable bonds is 5. The maximum Gasteiger partial charge on any atom is 0.414 e. The molecule has 0 spiro atoms. The van der Waals surface area contributed by atoms with E-state index in [0.717, 1.165) is 5.56 Å². The first-order valence-corrected chi connectivity index (χ1v) is 7.74. The van der Waals surface area contributed by atoms with Gasteiger partial charge < -0.3 is 10.4 Å². The van der Waals surface area contributed by atoms with Gasteiger partial charge in [0.05, 0.1) is 6.54 Å². The van der Waals surface area contributed by atoms with Crippen molar-refractivity contribution in [3.63, 3.8) is 0 Å². The summed E-state index contributed by atoms with van der Waals surface area (Å²) in [6, 6.07) is 5.75. The van der Waals surface area contributed by atoms with Crippen LogP contribution in [0.25, 0.3) is 0 Å². The SMILES string of the molecule is O=C(CN1CCC(C(O)C(F)(F)F)CC1)NCc1ccc(F)cc1. The van der Waals surface area contributed by atoms with Crippen molar-refractivity contribution in [3.05, 3.63) is 35.6 Å². The van der Waals surface area contributed by atoms with E-state index in [0.29, 0.717) is 13.1 Å². The molecule has 1 aromatic rings. The Hall–Kier alpha value is -1.67. The van der Waals surface area contributed by atoms with Gasteiger partial charge in [-0.3, -0.25) is 9.69 Å². The number of likely N-dealkylation sites (tertiary alicyclic amines) is 1. The summed E-state index contributed by atoms with van der Waals surface area (Å²) in [5.41, 5.74) is 0.761. The summed E-state index contributed by atoms with van der Waals surface area (Å²) in [7, 11) is 0. The second-order valence-electron chi connectivity index (χ2n) is 6.00. The van der Waals surface area contributed by atoms with E-state index in [-0.39, 0.29) is 37.7 Å². The fourth-order valence-corrected chi connectivity index (χ4v) is 2.76. The fraction of sp³-hybridized carbons (Fsp3) is 0.562. The van der Waals surface area contributed by atoms with Gasteiger partial charge in [0.1, 0.15) is 5.82 Å². The van der Waals surface area contributed by atoms with Crippen molar-refractivity contribution < 1.29 is 27.5 Å². The third kappa shape index (κ3) is 5.45. The van der Waals surface area contributed by atoms with Gasteiger partial charge in [-0.2, -0.15) is 13.2 Å². The smallest absolute Gasteiger partial charge is 0.383 e. The molecule has 1 heterocycles. The maximum atomic E-state index is 12.8. The van der Waals surface area contributed by atoms with Crippen LogP contribution < -0.4 is 5.32 Å². The molecular formula is C16H20F4N2O2. The summed E-state index contributed by atoms with van der Waals surface area (Å²) in [5, 5.41) is 12.0. The highest BCUT2D eigenvalue weighted by atomic mass is 19.4. The molecule has 0 saturated carbocycles. The Bertz CT molecular complexity index is 540. The monoisotopic (exact) mass is 348 g/mol. The van der Waals surface area contributed by atoms with Gasteiger partial charge in [0.2, 0.25) is 5.91 Å². The number of alkyl halides is 3. The van der Waals surface area contributed by atoms with Crippen LogP contribution in [0, 0.1) is 11.7 Å². The largest absolute Gasteiger partial charge is 0.414 e. The first-order valence-electron chi connectivity index (χ1n) is 7.74.